The molecule has 4 aromatic carbocycles. The normalized spacial score (nSPS) is 12.4. The summed E-state index contributed by atoms with van der Waals surface area (Å²) in [4.78, 5) is 49.9. The number of hydrogen-bond acceptors (Lipinski definition) is 12. The van der Waals surface area contributed by atoms with Crippen molar-refractivity contribution in [2.75, 3.05) is 33.5 Å². The molecule has 6 aromatic rings. The topological polar surface area (TPSA) is 172 Å². The molecule has 0 aliphatic heterocycles. The fourth-order valence-corrected chi connectivity index (χ4v) is 6.57. The van der Waals surface area contributed by atoms with E-state index < -0.39 is 23.5 Å². The Kier molecular flexibility index (Phi) is 17.1. The van der Waals surface area contributed by atoms with E-state index >= 15 is 0 Å². The molecule has 0 fully saturated rings. The van der Waals surface area contributed by atoms with Gasteiger partial charge in [0.15, 0.2) is 11.6 Å². The van der Waals surface area contributed by atoms with E-state index in [-0.39, 0.29) is 48.1 Å². The van der Waals surface area contributed by atoms with E-state index in [1.54, 1.807) is 104 Å². The fourth-order valence-electron chi connectivity index (χ4n) is 6.57. The molecule has 12 nitrogen and oxygen atoms in total. The summed E-state index contributed by atoms with van der Waals surface area (Å²) < 4.78 is 33.2. The second kappa shape index (κ2) is 22.6. The number of ether oxygens (including phenoxy) is 4. The Balaban J connectivity index is 0.000000237. The third-order valence-electron chi connectivity index (χ3n) is 10.4. The second-order valence-corrected chi connectivity index (χ2v) is 14.7. The third-order valence-corrected chi connectivity index (χ3v) is 10.4. The first-order chi connectivity index (χ1) is 29.5. The van der Waals surface area contributed by atoms with Gasteiger partial charge in [-0.2, -0.15) is 0 Å². The van der Waals surface area contributed by atoms with Crippen LogP contribution in [0.2, 0.25) is 0 Å². The number of benzene rings is 4. The number of fused-ring (bicyclic) bond motifs is 2. The molecule has 0 radical (unpaired) electrons. The molecule has 0 saturated heterocycles. The molecule has 2 atom stereocenters. The van der Waals surface area contributed by atoms with Crippen molar-refractivity contribution in [2.24, 2.45) is 0 Å². The average Bonchev–Trinajstić information content (AvgIpc) is 3.29. The Morgan fingerprint density at radius 2 is 1.11 bits per heavy atom. The highest BCUT2D eigenvalue weighted by atomic mass is 16.5. The summed E-state index contributed by atoms with van der Waals surface area (Å²) in [7, 11) is 1.66. The summed E-state index contributed by atoms with van der Waals surface area (Å²) in [5.41, 5.74) is -0.263. The van der Waals surface area contributed by atoms with Gasteiger partial charge in [-0.1, -0.05) is 94.3 Å². The summed E-state index contributed by atoms with van der Waals surface area (Å²) in [6.45, 7) is 7.12. The summed E-state index contributed by atoms with van der Waals surface area (Å²) in [5, 5.41) is 21.5. The minimum absolute atomic E-state index is 0.00245. The van der Waals surface area contributed by atoms with Crippen LogP contribution in [0.4, 0.5) is 0 Å². The third kappa shape index (κ3) is 12.8. The largest absolute Gasteiger partial charge is 0.491 e. The highest BCUT2D eigenvalue weighted by Crippen LogP contribution is 2.26. The molecule has 2 N–H and O–H groups in total. The monoisotopic (exact) mass is 834 g/mol. The number of unbranched alkanes of at least 4 members (excludes halogenated alkanes) is 1. The Bertz CT molecular complexity index is 2450. The van der Waals surface area contributed by atoms with Gasteiger partial charge >= 0.3 is 11.3 Å². The first-order valence-electron chi connectivity index (χ1n) is 20.6. The van der Waals surface area contributed by atoms with Gasteiger partial charge in [0.05, 0.1) is 18.3 Å². The lowest BCUT2D eigenvalue weighted by Gasteiger charge is -2.32. The lowest BCUT2D eigenvalue weighted by atomic mass is 9.93. The average molecular weight is 835 g/mol. The summed E-state index contributed by atoms with van der Waals surface area (Å²) in [6.07, 6.45) is 3.68. The van der Waals surface area contributed by atoms with Crippen LogP contribution >= 0.6 is 0 Å². The van der Waals surface area contributed by atoms with E-state index in [1.807, 2.05) is 0 Å². The number of ketones is 2. The molecule has 61 heavy (non-hydrogen) atoms. The molecule has 0 amide bonds. The number of rotatable bonds is 21. The number of hydrogen-bond donors (Lipinski definition) is 2. The van der Waals surface area contributed by atoms with Crippen molar-refractivity contribution in [3.8, 4) is 11.5 Å². The van der Waals surface area contributed by atoms with Crippen LogP contribution in [-0.4, -0.2) is 73.1 Å². The number of carbonyl (C=O) groups is 2. The molecule has 2 heterocycles. The molecule has 0 spiro atoms. The van der Waals surface area contributed by atoms with Gasteiger partial charge in [-0.25, -0.2) is 9.59 Å². The van der Waals surface area contributed by atoms with Gasteiger partial charge in [-0.15, -0.1) is 0 Å². The quantitative estimate of drug-likeness (QED) is 0.0526. The van der Waals surface area contributed by atoms with Crippen LogP contribution in [-0.2, 0) is 9.47 Å². The predicted molar refractivity (Wildman–Crippen MR) is 233 cm³/mol. The highest BCUT2D eigenvalue weighted by Gasteiger charge is 2.28. The van der Waals surface area contributed by atoms with Crippen molar-refractivity contribution in [1.29, 1.82) is 0 Å². The van der Waals surface area contributed by atoms with Crippen molar-refractivity contribution in [2.45, 2.75) is 77.1 Å². The molecule has 322 valence electrons. The van der Waals surface area contributed by atoms with Crippen molar-refractivity contribution in [3.05, 3.63) is 152 Å². The van der Waals surface area contributed by atoms with Gasteiger partial charge in [0.2, 0.25) is 0 Å². The van der Waals surface area contributed by atoms with Crippen LogP contribution in [0.25, 0.3) is 21.9 Å². The smallest absolute Gasteiger partial charge is 0.347 e. The molecule has 12 heteroatoms. The van der Waals surface area contributed by atoms with Crippen LogP contribution in [0, 0.1) is 0 Å². The van der Waals surface area contributed by atoms with Gasteiger partial charge in [-0.05, 0) is 62.1 Å². The molecular weight excluding hydrogens is 781 g/mol. The zero-order chi connectivity index (χ0) is 43.8. The lowest BCUT2D eigenvalue weighted by molar-refractivity contribution is -0.102. The first-order valence-corrected chi connectivity index (χ1v) is 20.6. The van der Waals surface area contributed by atoms with E-state index in [2.05, 4.69) is 20.8 Å². The first kappa shape index (κ1) is 46.2. The number of aliphatic hydroxyl groups excluding tert-OH is 2. The molecule has 0 saturated carbocycles. The Morgan fingerprint density at radius 3 is 1.56 bits per heavy atom. The van der Waals surface area contributed by atoms with Crippen LogP contribution in [0.5, 0.6) is 11.5 Å². The number of carbonyl (C=O) groups excluding carboxylic acids is 2. The van der Waals surface area contributed by atoms with Gasteiger partial charge < -0.3 is 38.0 Å². The van der Waals surface area contributed by atoms with Crippen LogP contribution in [0.15, 0.2) is 128 Å². The van der Waals surface area contributed by atoms with Crippen LogP contribution in [0.1, 0.15) is 91.1 Å². The molecular formula is C49H54O12. The molecule has 0 aliphatic carbocycles. The van der Waals surface area contributed by atoms with Crippen LogP contribution < -0.4 is 20.7 Å². The van der Waals surface area contributed by atoms with E-state index in [0.29, 0.717) is 57.6 Å². The lowest BCUT2D eigenvalue weighted by Crippen LogP contribution is -2.37. The molecule has 2 aromatic heterocycles. The molecule has 6 rings (SSSR count). The Labute approximate surface area is 354 Å². The van der Waals surface area contributed by atoms with E-state index in [4.69, 9.17) is 27.8 Å². The van der Waals surface area contributed by atoms with Crippen molar-refractivity contribution in [1.82, 2.24) is 0 Å². The maximum Gasteiger partial charge on any atom is 0.347 e. The van der Waals surface area contributed by atoms with Gasteiger partial charge in [-0.3, -0.25) is 9.59 Å². The molecule has 2 unspecified atom stereocenters. The van der Waals surface area contributed by atoms with E-state index in [0.717, 1.165) is 32.1 Å². The minimum atomic E-state index is -0.825. The minimum Gasteiger partial charge on any atom is -0.491 e. The SMILES string of the molecule is CCC(CC)(CCOC)OCC(O)COc1ccc2cc(C(=O)c3ccccc3)c(=O)oc2c1.CCCCC(O)COc1ccc2cc(C(=O)c3ccccc3)c(=O)oc2c1. The fraction of sp³-hybridized carbons (Fsp3) is 0.347. The van der Waals surface area contributed by atoms with E-state index in [1.165, 1.54) is 12.1 Å². The van der Waals surface area contributed by atoms with Crippen molar-refractivity contribution >= 4 is 33.5 Å². The number of methoxy groups -OCH3 is 1. The van der Waals surface area contributed by atoms with Gasteiger partial charge in [0, 0.05) is 47.7 Å². The van der Waals surface area contributed by atoms with Crippen molar-refractivity contribution < 1.29 is 47.6 Å². The summed E-state index contributed by atoms with van der Waals surface area (Å²) in [6, 6.07) is 30.3. The zero-order valence-electron chi connectivity index (χ0n) is 35.1. The zero-order valence-corrected chi connectivity index (χ0v) is 35.1. The predicted octanol–water partition coefficient (Wildman–Crippen LogP) is 8.33. The maximum atomic E-state index is 12.7. The van der Waals surface area contributed by atoms with E-state index in [9.17, 15) is 29.4 Å². The highest BCUT2D eigenvalue weighted by molar-refractivity contribution is 6.10. The van der Waals surface area contributed by atoms with Gasteiger partial charge in [0.1, 0.15) is 53.1 Å². The standard InChI is InChI=1S/C27H32O7.C22H22O5/c1-4-27(5-2,13-14-31-3)33-18-21(28)17-32-22-12-11-20-15-23(26(30)34-24(20)16-22)25(29)19-9-7-6-8-10-19;1-2-3-9-17(23)14-26-18-11-10-16-12-19(22(25)27-20(16)13-18)21(24)15-7-5-4-6-8-15/h6-12,15-16,21,28H,4-5,13-14,17-18H2,1-3H3;4-8,10-13,17,23H,2-3,9,14H2,1H3. The molecule has 0 bridgehead atoms. The maximum absolute atomic E-state index is 12.7. The summed E-state index contributed by atoms with van der Waals surface area (Å²) >= 11 is 0. The number of aliphatic hydroxyl groups is 2. The Morgan fingerprint density at radius 1 is 0.639 bits per heavy atom. The summed E-state index contributed by atoms with van der Waals surface area (Å²) in [5.74, 6) is 0.183. The second-order valence-electron chi connectivity index (χ2n) is 14.7. The van der Waals surface area contributed by atoms with Crippen LogP contribution in [0.3, 0.4) is 0 Å². The van der Waals surface area contributed by atoms with Crippen molar-refractivity contribution in [3.63, 3.8) is 0 Å². The van der Waals surface area contributed by atoms with Gasteiger partial charge in [0.25, 0.3) is 0 Å². The molecule has 0 aliphatic rings. The Hall–Kier alpha value is -5.92.